The molecule has 1 rings (SSSR count). The number of thiocarbonyl (C=S) groups is 1. The van der Waals surface area contributed by atoms with Gasteiger partial charge < -0.3 is 11.1 Å². The van der Waals surface area contributed by atoms with Crippen molar-refractivity contribution in [2.75, 3.05) is 13.1 Å². The zero-order valence-corrected chi connectivity index (χ0v) is 7.21. The molecular weight excluding hydrogens is 160 g/mol. The van der Waals surface area contributed by atoms with Gasteiger partial charge in [-0.3, -0.25) is 5.43 Å². The molecule has 0 radical (unpaired) electrons. The molecule has 0 amide bonds. The van der Waals surface area contributed by atoms with Crippen LogP contribution < -0.4 is 21.9 Å². The van der Waals surface area contributed by atoms with Crippen molar-refractivity contribution in [3.63, 3.8) is 0 Å². The van der Waals surface area contributed by atoms with Crippen molar-refractivity contribution >= 4 is 17.3 Å². The van der Waals surface area contributed by atoms with E-state index in [4.69, 9.17) is 5.73 Å². The highest BCUT2D eigenvalue weighted by molar-refractivity contribution is 7.80. The Labute approximate surface area is 71.9 Å². The number of hydrogen-bond donors (Lipinski definition) is 4. The minimum absolute atomic E-state index is 0.301. The minimum atomic E-state index is 0.301. The van der Waals surface area contributed by atoms with E-state index in [1.54, 1.807) is 0 Å². The zero-order chi connectivity index (χ0) is 8.10. The zero-order valence-electron chi connectivity index (χ0n) is 6.39. The predicted molar refractivity (Wildman–Crippen MR) is 48.9 cm³/mol. The lowest BCUT2D eigenvalue weighted by Crippen LogP contribution is -2.52. The number of nitrogens with one attached hydrogen (secondary N) is 3. The van der Waals surface area contributed by atoms with E-state index in [0.717, 1.165) is 13.1 Å². The molecule has 0 aromatic heterocycles. The molecule has 4 nitrogen and oxygen atoms in total. The Kier molecular flexibility index (Phi) is 3.55. The van der Waals surface area contributed by atoms with Gasteiger partial charge in [-0.1, -0.05) is 0 Å². The summed E-state index contributed by atoms with van der Waals surface area (Å²) < 4.78 is 0. The Hall–Kier alpha value is -0.390. The van der Waals surface area contributed by atoms with Crippen molar-refractivity contribution in [1.29, 1.82) is 0 Å². The van der Waals surface area contributed by atoms with Gasteiger partial charge in [0.25, 0.3) is 0 Å². The van der Waals surface area contributed by atoms with Crippen LogP contribution in [-0.4, -0.2) is 24.2 Å². The Morgan fingerprint density at radius 3 is 3.00 bits per heavy atom. The smallest absolute Gasteiger partial charge is 0.178 e. The number of hydrogen-bond acceptors (Lipinski definition) is 3. The summed E-state index contributed by atoms with van der Waals surface area (Å²) in [6.07, 6.45) is 2.37. The summed E-state index contributed by atoms with van der Waals surface area (Å²) in [7, 11) is 0. The molecule has 5 heteroatoms. The van der Waals surface area contributed by atoms with Crippen LogP contribution in [0.25, 0.3) is 0 Å². The van der Waals surface area contributed by atoms with Gasteiger partial charge in [0.2, 0.25) is 0 Å². The van der Waals surface area contributed by atoms with E-state index in [2.05, 4.69) is 28.4 Å². The first-order valence-electron chi connectivity index (χ1n) is 3.81. The van der Waals surface area contributed by atoms with Crippen molar-refractivity contribution in [3.8, 4) is 0 Å². The highest BCUT2D eigenvalue weighted by Crippen LogP contribution is 1.99. The molecule has 64 valence electrons. The first-order chi connectivity index (χ1) is 5.29. The van der Waals surface area contributed by atoms with Crippen LogP contribution in [0.4, 0.5) is 0 Å². The second-order valence-electron chi connectivity index (χ2n) is 2.68. The summed E-state index contributed by atoms with van der Waals surface area (Å²) in [5.41, 5.74) is 11.0. The van der Waals surface area contributed by atoms with E-state index in [0.29, 0.717) is 11.2 Å². The predicted octanol–water partition coefficient (Wildman–Crippen LogP) is -0.924. The summed E-state index contributed by atoms with van der Waals surface area (Å²) in [6.45, 7) is 2.10. The van der Waals surface area contributed by atoms with Crippen LogP contribution in [0.5, 0.6) is 0 Å². The third kappa shape index (κ3) is 3.50. The van der Waals surface area contributed by atoms with Crippen LogP contribution in [0.1, 0.15) is 12.8 Å². The highest BCUT2D eigenvalue weighted by atomic mass is 32.1. The molecule has 1 saturated heterocycles. The fourth-order valence-corrected chi connectivity index (χ4v) is 1.21. The topological polar surface area (TPSA) is 62.1 Å². The standard InChI is InChI=1S/C6H14N4S/c7-6(11)10-9-5-2-1-3-8-4-5/h5,8-9H,1-4H2,(H3,7,10,11). The molecule has 1 aliphatic heterocycles. The Morgan fingerprint density at radius 1 is 1.64 bits per heavy atom. The molecule has 0 aromatic carbocycles. The SMILES string of the molecule is NC(=S)NNC1CCCNC1. The fraction of sp³-hybridized carbons (Fsp3) is 0.833. The van der Waals surface area contributed by atoms with E-state index in [1.165, 1.54) is 12.8 Å². The van der Waals surface area contributed by atoms with E-state index in [1.807, 2.05) is 0 Å². The number of hydrazine groups is 1. The summed E-state index contributed by atoms with van der Waals surface area (Å²) in [5.74, 6) is 0. The Morgan fingerprint density at radius 2 is 2.45 bits per heavy atom. The maximum absolute atomic E-state index is 5.25. The Balaban J connectivity index is 2.09. The van der Waals surface area contributed by atoms with Gasteiger partial charge in [0.15, 0.2) is 5.11 Å². The highest BCUT2D eigenvalue weighted by Gasteiger charge is 2.11. The van der Waals surface area contributed by atoms with Gasteiger partial charge in [-0.25, -0.2) is 5.43 Å². The van der Waals surface area contributed by atoms with E-state index < -0.39 is 0 Å². The Bertz CT molecular complexity index is 133. The van der Waals surface area contributed by atoms with Crippen LogP contribution in [0.15, 0.2) is 0 Å². The number of rotatable bonds is 2. The molecule has 0 aliphatic carbocycles. The van der Waals surface area contributed by atoms with Gasteiger partial charge in [-0.2, -0.15) is 0 Å². The molecule has 5 N–H and O–H groups in total. The van der Waals surface area contributed by atoms with Gasteiger partial charge >= 0.3 is 0 Å². The van der Waals surface area contributed by atoms with Crippen molar-refractivity contribution in [3.05, 3.63) is 0 Å². The average Bonchev–Trinajstić information content (AvgIpc) is 2.03. The normalized spacial score (nSPS) is 24.5. The molecule has 1 aliphatic rings. The van der Waals surface area contributed by atoms with Crippen molar-refractivity contribution in [1.82, 2.24) is 16.2 Å². The largest absolute Gasteiger partial charge is 0.375 e. The molecule has 1 heterocycles. The van der Waals surface area contributed by atoms with Crippen LogP contribution in [0, 0.1) is 0 Å². The molecule has 0 bridgehead atoms. The van der Waals surface area contributed by atoms with E-state index >= 15 is 0 Å². The second kappa shape index (κ2) is 4.48. The van der Waals surface area contributed by atoms with Gasteiger partial charge in [0, 0.05) is 12.6 Å². The summed E-state index contributed by atoms with van der Waals surface area (Å²) in [4.78, 5) is 0. The van der Waals surface area contributed by atoms with Crippen LogP contribution in [-0.2, 0) is 0 Å². The molecule has 1 atom stereocenters. The molecule has 0 aromatic rings. The van der Waals surface area contributed by atoms with Gasteiger partial charge in [-0.05, 0) is 31.6 Å². The molecule has 1 unspecified atom stereocenters. The lowest BCUT2D eigenvalue weighted by Gasteiger charge is -2.23. The first kappa shape index (κ1) is 8.70. The molecule has 1 fully saturated rings. The molecule has 0 saturated carbocycles. The average molecular weight is 174 g/mol. The van der Waals surface area contributed by atoms with Gasteiger partial charge in [-0.15, -0.1) is 0 Å². The second-order valence-corrected chi connectivity index (χ2v) is 3.12. The van der Waals surface area contributed by atoms with Gasteiger partial charge in [0.05, 0.1) is 0 Å². The van der Waals surface area contributed by atoms with Crippen molar-refractivity contribution in [2.24, 2.45) is 5.73 Å². The quantitative estimate of drug-likeness (QED) is 0.322. The summed E-state index contributed by atoms with van der Waals surface area (Å²) in [5, 5.41) is 3.57. The maximum atomic E-state index is 5.25. The first-order valence-corrected chi connectivity index (χ1v) is 4.21. The monoisotopic (exact) mass is 174 g/mol. The van der Waals surface area contributed by atoms with Crippen LogP contribution >= 0.6 is 12.2 Å². The lowest BCUT2D eigenvalue weighted by atomic mass is 10.1. The van der Waals surface area contributed by atoms with Gasteiger partial charge in [0.1, 0.15) is 0 Å². The van der Waals surface area contributed by atoms with E-state index in [9.17, 15) is 0 Å². The third-order valence-corrected chi connectivity index (χ3v) is 1.80. The third-order valence-electron chi connectivity index (χ3n) is 1.70. The fourth-order valence-electron chi connectivity index (χ4n) is 1.15. The summed E-state index contributed by atoms with van der Waals surface area (Å²) in [6, 6.07) is 0.449. The molecular formula is C6H14N4S. The van der Waals surface area contributed by atoms with Crippen molar-refractivity contribution < 1.29 is 0 Å². The number of piperidine rings is 1. The van der Waals surface area contributed by atoms with Crippen LogP contribution in [0.2, 0.25) is 0 Å². The maximum Gasteiger partial charge on any atom is 0.178 e. The van der Waals surface area contributed by atoms with Crippen LogP contribution in [0.3, 0.4) is 0 Å². The van der Waals surface area contributed by atoms with E-state index in [-0.39, 0.29) is 0 Å². The molecule has 0 spiro atoms. The lowest BCUT2D eigenvalue weighted by molar-refractivity contribution is 0.378. The summed E-state index contributed by atoms with van der Waals surface area (Å²) >= 11 is 4.65. The molecule has 11 heavy (non-hydrogen) atoms. The number of nitrogens with two attached hydrogens (primary N) is 1. The van der Waals surface area contributed by atoms with Crippen molar-refractivity contribution in [2.45, 2.75) is 18.9 Å². The minimum Gasteiger partial charge on any atom is -0.375 e.